The highest BCUT2D eigenvalue weighted by molar-refractivity contribution is 7.99. The van der Waals surface area contributed by atoms with Crippen molar-refractivity contribution in [2.45, 2.75) is 47.7 Å². The predicted molar refractivity (Wildman–Crippen MR) is 75.6 cm³/mol. The highest BCUT2D eigenvalue weighted by Gasteiger charge is 2.36. The van der Waals surface area contributed by atoms with E-state index >= 15 is 0 Å². The molecule has 0 aromatic carbocycles. The Morgan fingerprint density at radius 3 is 2.62 bits per heavy atom. The van der Waals surface area contributed by atoms with Gasteiger partial charge in [-0.15, -0.1) is 10.2 Å². The van der Waals surface area contributed by atoms with Crippen LogP contribution < -0.4 is 0 Å². The normalized spacial score (nSPS) is 17.9. The van der Waals surface area contributed by atoms with Crippen LogP contribution >= 0.6 is 11.8 Å². The third kappa shape index (κ3) is 2.53. The Morgan fingerprint density at radius 2 is 2.05 bits per heavy atom. The summed E-state index contributed by atoms with van der Waals surface area (Å²) >= 11 is 1.50. The molecule has 0 radical (unpaired) electrons. The fourth-order valence-corrected chi connectivity index (χ4v) is 3.20. The number of aromatic carboxylic acids is 1. The molecule has 7 heteroatoms. The quantitative estimate of drug-likeness (QED) is 0.914. The summed E-state index contributed by atoms with van der Waals surface area (Å²) in [6, 6.07) is 3.83. The van der Waals surface area contributed by atoms with Gasteiger partial charge in [0.15, 0.2) is 5.16 Å². The summed E-state index contributed by atoms with van der Waals surface area (Å²) in [6.07, 6.45) is 6.40. The number of rotatable bonds is 5. The highest BCUT2D eigenvalue weighted by atomic mass is 32.2. The first-order valence-corrected chi connectivity index (χ1v) is 7.86. The molecule has 0 spiro atoms. The first-order chi connectivity index (χ1) is 10.2. The van der Waals surface area contributed by atoms with Crippen molar-refractivity contribution in [2.75, 3.05) is 0 Å². The largest absolute Gasteiger partial charge is 0.477 e. The zero-order valence-corrected chi connectivity index (χ0v) is 12.1. The number of hydrogen-bond donors (Lipinski definition) is 1. The fraction of sp³-hybridized carbons (Fsp3) is 0.429. The maximum absolute atomic E-state index is 10.8. The van der Waals surface area contributed by atoms with Crippen molar-refractivity contribution in [2.24, 2.45) is 0 Å². The van der Waals surface area contributed by atoms with E-state index in [1.165, 1.54) is 43.5 Å². The molecule has 6 nitrogen and oxygen atoms in total. The van der Waals surface area contributed by atoms with E-state index < -0.39 is 5.97 Å². The molecule has 0 atom stereocenters. The van der Waals surface area contributed by atoms with E-state index in [0.29, 0.717) is 12.0 Å². The van der Waals surface area contributed by atoms with Gasteiger partial charge in [-0.3, -0.25) is 0 Å². The SMILES string of the molecule is O=C(O)c1ccc(Sc2nnc(C3CC3)n2C2CC2)cn1. The Morgan fingerprint density at radius 1 is 1.24 bits per heavy atom. The summed E-state index contributed by atoms with van der Waals surface area (Å²) < 4.78 is 2.27. The van der Waals surface area contributed by atoms with Crippen LogP contribution in [0.4, 0.5) is 0 Å². The number of carboxylic acid groups (broad SMARTS) is 1. The van der Waals surface area contributed by atoms with Crippen molar-refractivity contribution in [3.63, 3.8) is 0 Å². The minimum Gasteiger partial charge on any atom is -0.477 e. The Kier molecular flexibility index (Phi) is 2.95. The number of carboxylic acids is 1. The second kappa shape index (κ2) is 4.84. The van der Waals surface area contributed by atoms with Gasteiger partial charge < -0.3 is 9.67 Å². The molecule has 2 aromatic rings. The second-order valence-electron chi connectivity index (χ2n) is 5.50. The summed E-state index contributed by atoms with van der Waals surface area (Å²) in [7, 11) is 0. The van der Waals surface area contributed by atoms with Crippen molar-refractivity contribution in [1.82, 2.24) is 19.7 Å². The van der Waals surface area contributed by atoms with E-state index in [2.05, 4.69) is 19.7 Å². The maximum atomic E-state index is 10.8. The molecule has 2 fully saturated rings. The molecule has 0 amide bonds. The van der Waals surface area contributed by atoms with E-state index in [4.69, 9.17) is 5.11 Å². The smallest absolute Gasteiger partial charge is 0.354 e. The Balaban J connectivity index is 1.60. The van der Waals surface area contributed by atoms with E-state index in [-0.39, 0.29) is 5.69 Å². The van der Waals surface area contributed by atoms with Crippen LogP contribution in [0.25, 0.3) is 0 Å². The molecular formula is C14H14N4O2S. The molecule has 2 aliphatic carbocycles. The van der Waals surface area contributed by atoms with Crippen LogP contribution in [0.5, 0.6) is 0 Å². The van der Waals surface area contributed by atoms with Gasteiger partial charge in [0.25, 0.3) is 0 Å². The molecule has 21 heavy (non-hydrogen) atoms. The van der Waals surface area contributed by atoms with Crippen molar-refractivity contribution in [3.05, 3.63) is 29.8 Å². The molecule has 4 rings (SSSR count). The molecule has 108 valence electrons. The second-order valence-corrected chi connectivity index (χ2v) is 6.54. The minimum absolute atomic E-state index is 0.0571. The molecule has 0 bridgehead atoms. The molecule has 2 heterocycles. The summed E-state index contributed by atoms with van der Waals surface area (Å²) in [5.74, 6) is 0.693. The molecule has 1 N–H and O–H groups in total. The summed E-state index contributed by atoms with van der Waals surface area (Å²) in [5.41, 5.74) is 0.0571. The van der Waals surface area contributed by atoms with Gasteiger partial charge in [-0.25, -0.2) is 9.78 Å². The van der Waals surface area contributed by atoms with Crippen molar-refractivity contribution < 1.29 is 9.90 Å². The van der Waals surface area contributed by atoms with E-state index in [9.17, 15) is 4.79 Å². The van der Waals surface area contributed by atoms with Crippen LogP contribution in [0.3, 0.4) is 0 Å². The van der Waals surface area contributed by atoms with Crippen LogP contribution in [0.2, 0.25) is 0 Å². The third-order valence-electron chi connectivity index (χ3n) is 3.71. The Labute approximate surface area is 125 Å². The Bertz CT molecular complexity index is 689. The number of aromatic nitrogens is 4. The molecule has 2 saturated carbocycles. The van der Waals surface area contributed by atoms with E-state index in [1.54, 1.807) is 12.3 Å². The number of nitrogens with zero attached hydrogens (tertiary/aromatic N) is 4. The minimum atomic E-state index is -1.01. The molecule has 2 aromatic heterocycles. The van der Waals surface area contributed by atoms with E-state index in [0.717, 1.165) is 15.9 Å². The third-order valence-corrected chi connectivity index (χ3v) is 4.65. The number of hydrogen-bond acceptors (Lipinski definition) is 5. The predicted octanol–water partition coefficient (Wildman–Crippen LogP) is 2.73. The van der Waals surface area contributed by atoms with Gasteiger partial charge in [0, 0.05) is 23.1 Å². The van der Waals surface area contributed by atoms with Crippen LogP contribution in [0, 0.1) is 0 Å². The topological polar surface area (TPSA) is 80.9 Å². The van der Waals surface area contributed by atoms with Gasteiger partial charge in [-0.05, 0) is 49.6 Å². The summed E-state index contributed by atoms with van der Waals surface area (Å²) in [4.78, 5) is 15.6. The monoisotopic (exact) mass is 302 g/mol. The van der Waals surface area contributed by atoms with Gasteiger partial charge in [0.05, 0.1) is 0 Å². The summed E-state index contributed by atoms with van der Waals surface area (Å²) in [5, 5.41) is 18.4. The Hall–Kier alpha value is -1.89. The van der Waals surface area contributed by atoms with Crippen LogP contribution in [0.1, 0.15) is 54.0 Å². The fourth-order valence-electron chi connectivity index (χ4n) is 2.33. The lowest BCUT2D eigenvalue weighted by molar-refractivity contribution is 0.0690. The van der Waals surface area contributed by atoms with Gasteiger partial charge in [-0.1, -0.05) is 0 Å². The van der Waals surface area contributed by atoms with Gasteiger partial charge >= 0.3 is 5.97 Å². The molecule has 0 saturated heterocycles. The summed E-state index contributed by atoms with van der Waals surface area (Å²) in [6.45, 7) is 0. The first-order valence-electron chi connectivity index (χ1n) is 7.04. The van der Waals surface area contributed by atoms with Crippen molar-refractivity contribution >= 4 is 17.7 Å². The molecular weight excluding hydrogens is 288 g/mol. The number of pyridine rings is 1. The average molecular weight is 302 g/mol. The van der Waals surface area contributed by atoms with Gasteiger partial charge in [0.2, 0.25) is 0 Å². The van der Waals surface area contributed by atoms with Crippen LogP contribution in [-0.2, 0) is 0 Å². The molecule has 0 unspecified atom stereocenters. The standard InChI is InChI=1S/C14H14N4O2S/c19-13(20)11-6-5-10(7-15-11)21-14-17-16-12(8-1-2-8)18(14)9-3-4-9/h5-9H,1-4H2,(H,19,20). The van der Waals surface area contributed by atoms with Crippen molar-refractivity contribution in [1.29, 1.82) is 0 Å². The van der Waals surface area contributed by atoms with E-state index in [1.807, 2.05) is 0 Å². The lowest BCUT2D eigenvalue weighted by Crippen LogP contribution is -2.02. The van der Waals surface area contributed by atoms with Crippen molar-refractivity contribution in [3.8, 4) is 0 Å². The first kappa shape index (κ1) is 12.8. The number of carbonyl (C=O) groups is 1. The lowest BCUT2D eigenvalue weighted by atomic mass is 10.4. The lowest BCUT2D eigenvalue weighted by Gasteiger charge is -2.07. The van der Waals surface area contributed by atoms with Gasteiger partial charge in [-0.2, -0.15) is 0 Å². The van der Waals surface area contributed by atoms with Crippen LogP contribution in [-0.4, -0.2) is 30.8 Å². The molecule has 2 aliphatic rings. The zero-order valence-electron chi connectivity index (χ0n) is 11.3. The average Bonchev–Trinajstić information content (AvgIpc) is 3.39. The van der Waals surface area contributed by atoms with Gasteiger partial charge in [0.1, 0.15) is 11.5 Å². The zero-order chi connectivity index (χ0) is 14.4. The molecule has 0 aliphatic heterocycles. The maximum Gasteiger partial charge on any atom is 0.354 e. The highest BCUT2D eigenvalue weighted by Crippen LogP contribution is 2.46. The van der Waals surface area contributed by atoms with Crippen LogP contribution in [0.15, 0.2) is 28.4 Å².